The van der Waals surface area contributed by atoms with E-state index in [0.29, 0.717) is 40.5 Å². The molecule has 1 N–H and O–H groups in total. The van der Waals surface area contributed by atoms with Crippen molar-refractivity contribution in [3.05, 3.63) is 59.7 Å². The molecule has 2 aromatic carbocycles. The zero-order chi connectivity index (χ0) is 24.2. The Labute approximate surface area is 204 Å². The second kappa shape index (κ2) is 8.26. The van der Waals surface area contributed by atoms with E-state index in [0.717, 1.165) is 19.3 Å². The zero-order valence-corrected chi connectivity index (χ0v) is 19.7. The lowest BCUT2D eigenvalue weighted by molar-refractivity contribution is -0.161. The molecule has 7 rings (SSSR count). The highest BCUT2D eigenvalue weighted by molar-refractivity contribution is 6.31. The quantitative estimate of drug-likeness (QED) is 0.304. The van der Waals surface area contributed by atoms with E-state index in [1.165, 1.54) is 37.5 Å². The minimum Gasteiger partial charge on any atom is -0.493 e. The Morgan fingerprint density at radius 1 is 0.971 bits per heavy atom. The van der Waals surface area contributed by atoms with Crippen molar-refractivity contribution in [1.29, 1.82) is 0 Å². The van der Waals surface area contributed by atoms with Crippen molar-refractivity contribution in [3.63, 3.8) is 0 Å². The summed E-state index contributed by atoms with van der Waals surface area (Å²) in [6.45, 7) is 0. The number of hydrazine groups is 1. The Hall–Kier alpha value is -3.61. The molecule has 1 heterocycles. The monoisotopic (exact) mass is 472 g/mol. The lowest BCUT2D eigenvalue weighted by Gasteiger charge is -2.55. The first kappa shape index (κ1) is 21.9. The van der Waals surface area contributed by atoms with Gasteiger partial charge in [0, 0.05) is 0 Å². The summed E-state index contributed by atoms with van der Waals surface area (Å²) < 4.78 is 11.4. The Kier molecular flexibility index (Phi) is 5.16. The fourth-order valence-corrected chi connectivity index (χ4v) is 6.91. The SMILES string of the molecule is COc1cc(/C=C2\C(=O)NN(c3ccccc3)C2=O)ccc1OC(=O)C12CC3CC(CC(C3)C1)C2. The summed E-state index contributed by atoms with van der Waals surface area (Å²) in [6, 6.07) is 14.0. The highest BCUT2D eigenvalue weighted by atomic mass is 16.6. The number of hydrogen-bond acceptors (Lipinski definition) is 5. The van der Waals surface area contributed by atoms with Crippen LogP contribution >= 0.6 is 0 Å². The normalized spacial score (nSPS) is 30.0. The number of nitrogens with zero attached hydrogens (tertiary/aromatic N) is 1. The van der Waals surface area contributed by atoms with Crippen LogP contribution in [0.2, 0.25) is 0 Å². The van der Waals surface area contributed by atoms with Crippen LogP contribution in [0.15, 0.2) is 54.1 Å². The van der Waals surface area contributed by atoms with Crippen molar-refractivity contribution < 1.29 is 23.9 Å². The van der Waals surface area contributed by atoms with Crippen LogP contribution < -0.4 is 19.9 Å². The number of methoxy groups -OCH3 is 1. The molecule has 35 heavy (non-hydrogen) atoms. The van der Waals surface area contributed by atoms with Crippen molar-refractivity contribution in [2.24, 2.45) is 23.2 Å². The summed E-state index contributed by atoms with van der Waals surface area (Å²) in [7, 11) is 1.51. The van der Waals surface area contributed by atoms with Crippen molar-refractivity contribution in [3.8, 4) is 11.5 Å². The number of carbonyl (C=O) groups excluding carboxylic acids is 3. The number of hydrogen-bond donors (Lipinski definition) is 1. The molecule has 5 fully saturated rings. The molecule has 4 bridgehead atoms. The van der Waals surface area contributed by atoms with Gasteiger partial charge in [-0.2, -0.15) is 0 Å². The first-order valence-electron chi connectivity index (χ1n) is 12.3. The zero-order valence-electron chi connectivity index (χ0n) is 19.7. The Bertz CT molecular complexity index is 1200. The molecular weight excluding hydrogens is 444 g/mol. The third-order valence-corrected chi connectivity index (χ3v) is 8.08. The fourth-order valence-electron chi connectivity index (χ4n) is 6.91. The van der Waals surface area contributed by atoms with Gasteiger partial charge in [0.15, 0.2) is 11.5 Å². The van der Waals surface area contributed by atoms with E-state index in [-0.39, 0.29) is 17.0 Å². The molecule has 1 aliphatic heterocycles. The van der Waals surface area contributed by atoms with Crippen LogP contribution in [-0.4, -0.2) is 24.9 Å². The van der Waals surface area contributed by atoms with Gasteiger partial charge in [0.1, 0.15) is 5.57 Å². The Morgan fingerprint density at radius 3 is 2.26 bits per heavy atom. The van der Waals surface area contributed by atoms with Crippen LogP contribution in [0, 0.1) is 23.2 Å². The number of rotatable bonds is 5. The van der Waals surface area contributed by atoms with Crippen LogP contribution in [0.4, 0.5) is 5.69 Å². The molecule has 5 aliphatic rings. The predicted molar refractivity (Wildman–Crippen MR) is 129 cm³/mol. The molecule has 0 atom stereocenters. The van der Waals surface area contributed by atoms with Gasteiger partial charge in [0.25, 0.3) is 11.8 Å². The minimum absolute atomic E-state index is 0.0224. The summed E-state index contributed by atoms with van der Waals surface area (Å²) in [4.78, 5) is 38.7. The molecule has 0 spiro atoms. The number of nitrogens with one attached hydrogen (secondary N) is 1. The maximum absolute atomic E-state index is 13.4. The molecule has 180 valence electrons. The summed E-state index contributed by atoms with van der Waals surface area (Å²) in [5.74, 6) is 1.64. The van der Waals surface area contributed by atoms with Crippen LogP contribution in [0.3, 0.4) is 0 Å². The molecule has 0 aromatic heterocycles. The number of anilines is 1. The number of ether oxygens (including phenoxy) is 2. The summed E-state index contributed by atoms with van der Waals surface area (Å²) >= 11 is 0. The topological polar surface area (TPSA) is 84.9 Å². The number of carbonyl (C=O) groups is 3. The van der Waals surface area contributed by atoms with E-state index in [1.54, 1.807) is 42.5 Å². The number of para-hydroxylation sites is 1. The number of amides is 2. The highest BCUT2D eigenvalue weighted by Crippen LogP contribution is 2.60. The molecule has 2 aromatic rings. The molecule has 4 saturated carbocycles. The van der Waals surface area contributed by atoms with E-state index < -0.39 is 11.8 Å². The van der Waals surface area contributed by atoms with Crippen LogP contribution in [0.25, 0.3) is 6.08 Å². The first-order chi connectivity index (χ1) is 16.9. The summed E-state index contributed by atoms with van der Waals surface area (Å²) in [5, 5.41) is 1.23. The van der Waals surface area contributed by atoms with Crippen molar-refractivity contribution in [2.45, 2.75) is 38.5 Å². The van der Waals surface area contributed by atoms with Gasteiger partial charge in [-0.3, -0.25) is 19.8 Å². The molecule has 4 aliphatic carbocycles. The Balaban J connectivity index is 1.22. The largest absolute Gasteiger partial charge is 0.493 e. The number of benzene rings is 2. The van der Waals surface area contributed by atoms with Gasteiger partial charge in [-0.15, -0.1) is 0 Å². The van der Waals surface area contributed by atoms with Gasteiger partial charge in [-0.05, 0) is 92.2 Å². The van der Waals surface area contributed by atoms with Crippen LogP contribution in [0.5, 0.6) is 11.5 Å². The summed E-state index contributed by atoms with van der Waals surface area (Å²) in [5.41, 5.74) is 3.44. The Morgan fingerprint density at radius 2 is 1.63 bits per heavy atom. The predicted octanol–water partition coefficient (Wildman–Crippen LogP) is 4.28. The second-order valence-corrected chi connectivity index (χ2v) is 10.5. The van der Waals surface area contributed by atoms with Gasteiger partial charge in [0.2, 0.25) is 0 Å². The van der Waals surface area contributed by atoms with E-state index in [9.17, 15) is 14.4 Å². The number of esters is 1. The molecular formula is C28H28N2O5. The third kappa shape index (κ3) is 3.79. The average Bonchev–Trinajstić information content (AvgIpc) is 3.13. The third-order valence-electron chi connectivity index (χ3n) is 8.08. The van der Waals surface area contributed by atoms with Gasteiger partial charge in [-0.1, -0.05) is 24.3 Å². The average molecular weight is 473 g/mol. The lowest BCUT2D eigenvalue weighted by atomic mass is 9.49. The lowest BCUT2D eigenvalue weighted by Crippen LogP contribution is -2.51. The van der Waals surface area contributed by atoms with Gasteiger partial charge in [0.05, 0.1) is 18.2 Å². The molecule has 2 amide bonds. The maximum atomic E-state index is 13.4. The standard InChI is InChI=1S/C28H28N2O5/c1-34-24-13-17(12-22-25(31)29-30(26(22)32)21-5-3-2-4-6-21)7-8-23(24)35-27(33)28-14-18-9-19(15-28)11-20(10-18)16-28/h2-8,12-13,18-20H,9-11,14-16H2,1H3,(H,29,31)/b22-12+. The first-order valence-corrected chi connectivity index (χ1v) is 12.3. The highest BCUT2D eigenvalue weighted by Gasteiger charge is 2.55. The molecule has 7 nitrogen and oxygen atoms in total. The van der Waals surface area contributed by atoms with E-state index in [2.05, 4.69) is 5.43 Å². The van der Waals surface area contributed by atoms with Crippen LogP contribution in [-0.2, 0) is 14.4 Å². The molecule has 0 radical (unpaired) electrons. The summed E-state index contributed by atoms with van der Waals surface area (Å²) in [6.07, 6.45) is 8.08. The molecule has 7 heteroatoms. The van der Waals surface area contributed by atoms with Crippen molar-refractivity contribution >= 4 is 29.5 Å². The fraction of sp³-hybridized carbons (Fsp3) is 0.393. The van der Waals surface area contributed by atoms with Crippen molar-refractivity contribution in [2.75, 3.05) is 12.1 Å². The van der Waals surface area contributed by atoms with Crippen molar-refractivity contribution in [1.82, 2.24) is 5.43 Å². The van der Waals surface area contributed by atoms with E-state index in [1.807, 2.05) is 6.07 Å². The van der Waals surface area contributed by atoms with Crippen LogP contribution in [0.1, 0.15) is 44.1 Å². The van der Waals surface area contributed by atoms with E-state index >= 15 is 0 Å². The minimum atomic E-state index is -0.477. The molecule has 0 unspecified atom stereocenters. The molecule has 1 saturated heterocycles. The second-order valence-electron chi connectivity index (χ2n) is 10.5. The maximum Gasteiger partial charge on any atom is 0.317 e. The van der Waals surface area contributed by atoms with Gasteiger partial charge >= 0.3 is 5.97 Å². The van der Waals surface area contributed by atoms with Gasteiger partial charge < -0.3 is 9.47 Å². The van der Waals surface area contributed by atoms with Gasteiger partial charge in [-0.25, -0.2) is 5.01 Å². The smallest absolute Gasteiger partial charge is 0.317 e. The van der Waals surface area contributed by atoms with E-state index in [4.69, 9.17) is 9.47 Å².